The van der Waals surface area contributed by atoms with Crippen LogP contribution in [0, 0.1) is 0 Å². The molecule has 454 valence electrons. The molecule has 88 heavy (non-hydrogen) atoms. The summed E-state index contributed by atoms with van der Waals surface area (Å²) in [7, 11) is -3.60. The maximum absolute atomic E-state index is 8.06. The van der Waals surface area contributed by atoms with Crippen molar-refractivity contribution in [3.05, 3.63) is 312 Å². The molecule has 2 heterocycles. The number of hydrogen-bond acceptors (Lipinski definition) is 9. The van der Waals surface area contributed by atoms with E-state index in [9.17, 15) is 0 Å². The summed E-state index contributed by atoms with van der Waals surface area (Å²) in [5, 5.41) is 2.00. The monoisotopic (exact) mass is 1210 g/mol. The van der Waals surface area contributed by atoms with E-state index in [2.05, 4.69) is 209 Å². The van der Waals surface area contributed by atoms with Crippen LogP contribution in [0.4, 0.5) is 0 Å². The summed E-state index contributed by atoms with van der Waals surface area (Å²) in [4.78, 5) is 0. The Labute approximate surface area is 525 Å². The van der Waals surface area contributed by atoms with Crippen LogP contribution in [0.5, 0.6) is 0 Å². The molecule has 0 amide bonds. The van der Waals surface area contributed by atoms with Crippen LogP contribution in [0.25, 0.3) is 0 Å². The Morgan fingerprint density at radius 3 is 1.11 bits per heavy atom. The van der Waals surface area contributed by atoms with E-state index in [4.69, 9.17) is 42.3 Å². The van der Waals surface area contributed by atoms with E-state index in [1.165, 1.54) is 10.4 Å². The van der Waals surface area contributed by atoms with Crippen LogP contribution in [0.1, 0.15) is 59.7 Å². The van der Waals surface area contributed by atoms with Crippen LogP contribution >= 0.6 is 0 Å². The molecule has 0 aromatic heterocycles. The van der Waals surface area contributed by atoms with Gasteiger partial charge in [0.25, 0.3) is 8.32 Å². The molecule has 2 aliphatic heterocycles. The average Bonchev–Trinajstić information content (AvgIpc) is 2.13. The van der Waals surface area contributed by atoms with Gasteiger partial charge in [0.1, 0.15) is 54.2 Å². The summed E-state index contributed by atoms with van der Waals surface area (Å²) in [6.45, 7) is 9.73. The SMILES string of the molecule is CC(C)(C)[Si](OC[C@@H]1[C@@H](OCc2ccccc2)[C@H](OCc2ccccc2)C[S+]1C[C@@H](OCc1ccccc1)[C@H]1O[C@@H](OCc2ccccc2)[C@H](OCc2ccccc2)[C@@H](OCc2ccccc2)[C@H]1OCc1ccccc1)(c1ccccc1)c1ccccc1. The molecule has 0 radical (unpaired) electrons. The summed E-state index contributed by atoms with van der Waals surface area (Å²) in [6.07, 6.45) is -5.10. The van der Waals surface area contributed by atoms with E-state index in [0.29, 0.717) is 51.1 Å². The Balaban J connectivity index is 1.04. The fraction of sp³-hybridized carbons (Fsp3) is 0.299. The molecule has 0 spiro atoms. The first kappa shape index (κ1) is 62.8. The average molecular weight is 1210 g/mol. The third-order valence-electron chi connectivity index (χ3n) is 16.7. The highest BCUT2D eigenvalue weighted by atomic mass is 32.2. The minimum Gasteiger partial charge on any atom is -0.402 e. The van der Waals surface area contributed by atoms with Gasteiger partial charge in [-0.15, -0.1) is 0 Å². The van der Waals surface area contributed by atoms with Gasteiger partial charge < -0.3 is 42.3 Å². The first-order valence-electron chi connectivity index (χ1n) is 30.9. The second-order valence-corrected chi connectivity index (χ2v) is 30.5. The summed E-state index contributed by atoms with van der Waals surface area (Å²) < 4.78 is 66.9. The Hall–Kier alpha value is -6.81. The standard InChI is InChI=1S/C77H83O9SSi/c1-77(2,3)88(66-45-27-11-28-46-66,67-47-29-12-30-48-67)85-56-70-71(80-51-61-35-17-6-18-36-61)68(78-49-59-31-13-4-14-32-59)57-87(70)58-69(79-50-60-33-15-5-16-34-60)72-73(81-52-62-37-19-7-20-38-62)74(82-53-63-39-21-8-22-40-63)75(83-54-64-41-23-9-24-42-64)76(86-72)84-55-65-43-25-10-26-44-65/h4-48,68-76H,49-58H2,1-3H3/q+1/t68-,69-,70-,71+,72-,73+,74+,75-,76-,87?/m1/s1. The molecular formula is C77H83O9SSi+. The molecule has 9 nitrogen and oxygen atoms in total. The number of hydrogen-bond donors (Lipinski definition) is 0. The van der Waals surface area contributed by atoms with E-state index < -0.39 is 56.0 Å². The van der Waals surface area contributed by atoms with Gasteiger partial charge in [0.15, 0.2) is 11.5 Å². The van der Waals surface area contributed by atoms with Crippen molar-refractivity contribution < 1.29 is 42.3 Å². The number of rotatable bonds is 29. The second-order valence-electron chi connectivity index (χ2n) is 23.9. The molecule has 11 heteroatoms. The van der Waals surface area contributed by atoms with E-state index in [1.54, 1.807) is 0 Å². The Morgan fingerprint density at radius 1 is 0.386 bits per heavy atom. The lowest BCUT2D eigenvalue weighted by Crippen LogP contribution is -2.67. The Kier molecular flexibility index (Phi) is 22.5. The third kappa shape index (κ3) is 16.5. The third-order valence-corrected chi connectivity index (χ3v) is 24.5. The maximum Gasteiger partial charge on any atom is 0.261 e. The van der Waals surface area contributed by atoms with E-state index >= 15 is 0 Å². The van der Waals surface area contributed by atoms with Crippen LogP contribution in [0.2, 0.25) is 5.04 Å². The molecule has 0 saturated carbocycles. The number of ether oxygens (including phenoxy) is 8. The topological polar surface area (TPSA) is 83.1 Å². The molecule has 9 aromatic rings. The van der Waals surface area contributed by atoms with Gasteiger partial charge in [0, 0.05) is 10.9 Å². The largest absolute Gasteiger partial charge is 0.402 e. The number of benzene rings is 9. The Morgan fingerprint density at radius 2 is 0.716 bits per heavy atom. The fourth-order valence-corrected chi connectivity index (χ4v) is 19.9. The summed E-state index contributed by atoms with van der Waals surface area (Å²) in [5.41, 5.74) is 7.29. The Bertz CT molecular complexity index is 3350. The normalized spacial score (nSPS) is 21.6. The zero-order chi connectivity index (χ0) is 60.2. The van der Waals surface area contributed by atoms with Crippen molar-refractivity contribution in [1.29, 1.82) is 0 Å². The molecule has 0 aliphatic carbocycles. The van der Waals surface area contributed by atoms with Crippen molar-refractivity contribution in [3.8, 4) is 0 Å². The minimum atomic E-state index is -3.09. The lowest BCUT2D eigenvalue weighted by molar-refractivity contribution is -0.337. The highest BCUT2D eigenvalue weighted by molar-refractivity contribution is 7.97. The van der Waals surface area contributed by atoms with Crippen molar-refractivity contribution in [2.75, 3.05) is 18.1 Å². The lowest BCUT2D eigenvalue weighted by Gasteiger charge is -2.47. The van der Waals surface area contributed by atoms with Gasteiger partial charge in [-0.25, -0.2) is 0 Å². The molecule has 11 rings (SSSR count). The van der Waals surface area contributed by atoms with Crippen molar-refractivity contribution in [2.24, 2.45) is 0 Å². The summed E-state index contributed by atoms with van der Waals surface area (Å²) >= 11 is 0. The zero-order valence-corrected chi connectivity index (χ0v) is 52.6. The van der Waals surface area contributed by atoms with Crippen molar-refractivity contribution in [2.45, 2.75) is 126 Å². The molecule has 1 unspecified atom stereocenters. The molecule has 2 saturated heterocycles. The fourth-order valence-electron chi connectivity index (χ4n) is 12.2. The minimum absolute atomic E-state index is 0.154. The van der Waals surface area contributed by atoms with Crippen molar-refractivity contribution >= 4 is 29.6 Å². The van der Waals surface area contributed by atoms with Crippen LogP contribution in [-0.4, -0.2) is 80.7 Å². The van der Waals surface area contributed by atoms with Gasteiger partial charge in [-0.3, -0.25) is 0 Å². The molecule has 0 N–H and O–H groups in total. The maximum atomic E-state index is 8.06. The quantitative estimate of drug-likeness (QED) is 0.0336. The van der Waals surface area contributed by atoms with Gasteiger partial charge in [0.05, 0.1) is 52.9 Å². The first-order chi connectivity index (χ1) is 43.3. The van der Waals surface area contributed by atoms with E-state index in [0.717, 1.165) is 38.9 Å². The first-order valence-corrected chi connectivity index (χ1v) is 34.5. The van der Waals surface area contributed by atoms with E-state index in [-0.39, 0.29) is 35.7 Å². The molecule has 0 bridgehead atoms. The second kappa shape index (κ2) is 31.6. The summed E-state index contributed by atoms with van der Waals surface area (Å²) in [6, 6.07) is 94.2. The van der Waals surface area contributed by atoms with Crippen LogP contribution < -0.4 is 10.4 Å². The van der Waals surface area contributed by atoms with Gasteiger partial charge in [-0.2, -0.15) is 0 Å². The molecule has 2 aliphatic rings. The lowest BCUT2D eigenvalue weighted by atomic mass is 9.94. The van der Waals surface area contributed by atoms with Crippen molar-refractivity contribution in [3.63, 3.8) is 0 Å². The van der Waals surface area contributed by atoms with Gasteiger partial charge in [-0.05, 0) is 54.4 Å². The van der Waals surface area contributed by atoms with E-state index in [1.807, 2.05) is 84.9 Å². The summed E-state index contributed by atoms with van der Waals surface area (Å²) in [5.74, 6) is 1.25. The predicted octanol–water partition coefficient (Wildman–Crippen LogP) is 14.0. The van der Waals surface area contributed by atoms with Crippen molar-refractivity contribution in [1.82, 2.24) is 0 Å². The van der Waals surface area contributed by atoms with Crippen LogP contribution in [0.3, 0.4) is 0 Å². The smallest absolute Gasteiger partial charge is 0.261 e. The predicted molar refractivity (Wildman–Crippen MR) is 354 cm³/mol. The van der Waals surface area contributed by atoms with Gasteiger partial charge in [-0.1, -0.05) is 294 Å². The zero-order valence-electron chi connectivity index (χ0n) is 50.8. The van der Waals surface area contributed by atoms with Crippen LogP contribution in [0.15, 0.2) is 273 Å². The molecule has 2 fully saturated rings. The van der Waals surface area contributed by atoms with Gasteiger partial charge in [0.2, 0.25) is 0 Å². The highest BCUT2D eigenvalue weighted by Gasteiger charge is 2.59. The van der Waals surface area contributed by atoms with Crippen LogP contribution in [-0.2, 0) is 99.5 Å². The molecular weight excluding hydrogens is 1130 g/mol. The molecule has 9 aromatic carbocycles. The molecule has 10 atom stereocenters. The highest BCUT2D eigenvalue weighted by Crippen LogP contribution is 2.41. The van der Waals surface area contributed by atoms with Gasteiger partial charge >= 0.3 is 0 Å².